The van der Waals surface area contributed by atoms with Gasteiger partial charge in [0.15, 0.2) is 22.8 Å². The Morgan fingerprint density at radius 2 is 1.67 bits per heavy atom. The predicted octanol–water partition coefficient (Wildman–Crippen LogP) is 3.52. The van der Waals surface area contributed by atoms with Crippen LogP contribution in [-0.4, -0.2) is 110 Å². The van der Waals surface area contributed by atoms with Gasteiger partial charge in [0, 0.05) is 51.0 Å². The van der Waals surface area contributed by atoms with E-state index in [4.69, 9.17) is 15.0 Å². The van der Waals surface area contributed by atoms with Crippen molar-refractivity contribution in [1.82, 2.24) is 60.3 Å². The van der Waals surface area contributed by atoms with Crippen LogP contribution in [0.2, 0.25) is 0 Å². The molecular weight excluding hydrogens is 737 g/mol. The first-order valence-corrected chi connectivity index (χ1v) is 19.9. The van der Waals surface area contributed by atoms with E-state index in [1.165, 1.54) is 4.80 Å². The van der Waals surface area contributed by atoms with Gasteiger partial charge in [-0.1, -0.05) is 79.7 Å². The van der Waals surface area contributed by atoms with E-state index in [2.05, 4.69) is 70.5 Å². The number of anilines is 2. The highest BCUT2D eigenvalue weighted by Gasteiger charge is 2.45. The van der Waals surface area contributed by atoms with E-state index in [0.717, 1.165) is 28.0 Å². The molecule has 4 aromatic heterocycles. The lowest BCUT2D eigenvalue weighted by Crippen LogP contribution is -2.44. The number of carbonyl (C=O) groups is 1. The maximum Gasteiger partial charge on any atom is 0.315 e. The Balaban J connectivity index is 0.960. The summed E-state index contributed by atoms with van der Waals surface area (Å²) in [5.74, 6) is 2.41. The van der Waals surface area contributed by atoms with Crippen LogP contribution in [0.1, 0.15) is 60.5 Å². The maximum atomic E-state index is 13.0. The number of rotatable bonds is 13. The first kappa shape index (κ1) is 37.1. The van der Waals surface area contributed by atoms with Crippen LogP contribution in [0.5, 0.6) is 0 Å². The molecule has 5 atom stereocenters. The zero-order valence-electron chi connectivity index (χ0n) is 32.1. The van der Waals surface area contributed by atoms with Crippen molar-refractivity contribution in [1.29, 1.82) is 0 Å². The molecule has 1 saturated carbocycles. The van der Waals surface area contributed by atoms with Crippen LogP contribution in [0.4, 0.5) is 16.6 Å². The molecule has 3 aromatic carbocycles. The summed E-state index contributed by atoms with van der Waals surface area (Å²) in [6.07, 6.45) is 1.60. The molecule has 2 fully saturated rings. The van der Waals surface area contributed by atoms with Crippen LogP contribution in [-0.2, 0) is 12.8 Å². The summed E-state index contributed by atoms with van der Waals surface area (Å²) in [4.78, 5) is 39.2. The number of aromatic amines is 1. The molecule has 1 aliphatic heterocycles. The molecule has 0 spiro atoms. The lowest BCUT2D eigenvalue weighted by molar-refractivity contribution is 0.00473. The molecule has 2 amide bonds. The number of carbonyl (C=O) groups excluding carboxylic acids is 1. The molecular formula is C41H46N14O3. The molecule has 1 unspecified atom stereocenters. The Morgan fingerprint density at radius 3 is 2.41 bits per heavy atom. The summed E-state index contributed by atoms with van der Waals surface area (Å²) in [5.41, 5.74) is 5.24. The third kappa shape index (κ3) is 7.53. The summed E-state index contributed by atoms with van der Waals surface area (Å²) in [5, 5.41) is 45.0. The minimum atomic E-state index is -1.14. The van der Waals surface area contributed by atoms with Gasteiger partial charge in [-0.15, -0.1) is 10.2 Å². The van der Waals surface area contributed by atoms with Gasteiger partial charge in [0.2, 0.25) is 5.95 Å². The number of imidazole rings is 2. The van der Waals surface area contributed by atoms with E-state index >= 15 is 0 Å². The molecule has 1 saturated heterocycles. The summed E-state index contributed by atoms with van der Waals surface area (Å²) >= 11 is 0. The van der Waals surface area contributed by atoms with Gasteiger partial charge in [-0.3, -0.25) is 0 Å². The first-order valence-electron chi connectivity index (χ1n) is 19.9. The molecule has 17 nitrogen and oxygen atoms in total. The van der Waals surface area contributed by atoms with Gasteiger partial charge in [-0.05, 0) is 41.3 Å². The maximum absolute atomic E-state index is 13.0. The third-order valence-electron chi connectivity index (χ3n) is 11.2. The van der Waals surface area contributed by atoms with E-state index in [1.54, 1.807) is 6.33 Å². The van der Waals surface area contributed by atoms with Crippen molar-refractivity contribution in [3.8, 4) is 0 Å². The van der Waals surface area contributed by atoms with Crippen LogP contribution in [0.25, 0.3) is 22.2 Å². The van der Waals surface area contributed by atoms with Crippen LogP contribution in [0, 0.1) is 0 Å². The number of nitrogens with one attached hydrogen (secondary N) is 4. The number of aryl methyl sites for hydroxylation is 1. The fraction of sp³-hybridized carbons (Fsp3) is 0.366. The number of urea groups is 1. The number of hydrogen-bond donors (Lipinski definition) is 6. The number of aromatic nitrogens is 10. The first-order chi connectivity index (χ1) is 28.4. The van der Waals surface area contributed by atoms with Gasteiger partial charge < -0.3 is 40.6 Å². The number of H-pyrrole nitrogens is 1. The molecule has 0 bridgehead atoms. The summed E-state index contributed by atoms with van der Waals surface area (Å²) < 4.78 is 1.82. The molecule has 17 heteroatoms. The number of aliphatic hydroxyl groups excluding tert-OH is 2. The topological polar surface area (TPSA) is 213 Å². The van der Waals surface area contributed by atoms with Crippen molar-refractivity contribution >= 4 is 40.0 Å². The van der Waals surface area contributed by atoms with Crippen molar-refractivity contribution in [2.24, 2.45) is 0 Å². The van der Waals surface area contributed by atoms with E-state index in [1.807, 2.05) is 72.2 Å². The smallest absolute Gasteiger partial charge is 0.315 e. The van der Waals surface area contributed by atoms with E-state index in [0.29, 0.717) is 80.6 Å². The average Bonchev–Trinajstić information content (AvgIpc) is 4.10. The van der Waals surface area contributed by atoms with Crippen molar-refractivity contribution in [2.45, 2.75) is 68.9 Å². The third-order valence-corrected chi connectivity index (χ3v) is 11.2. The molecule has 298 valence electrons. The number of fused-ring (bicyclic) bond motifs is 2. The zero-order valence-corrected chi connectivity index (χ0v) is 32.1. The molecule has 2 aliphatic rings. The van der Waals surface area contributed by atoms with Gasteiger partial charge in [-0.2, -0.15) is 14.8 Å². The largest absolute Gasteiger partial charge is 0.388 e. The second-order valence-electron chi connectivity index (χ2n) is 15.0. The van der Waals surface area contributed by atoms with Gasteiger partial charge in [0.25, 0.3) is 0 Å². The Hall–Kier alpha value is -6.46. The Morgan fingerprint density at radius 1 is 0.931 bits per heavy atom. The standard InChI is InChI=1S/C41H46N14O3/c1-2-33-50-52-55(51-33)32-21-31(36(56)37(32)57)54-24-44-35-38(43-22-28(25-11-5-3-6-12-25)26-13-7-4-8-14-26)48-40(49-39(35)54)53-20-18-27(23-53)45-41(58)42-19-17-34-46-29-15-9-10-16-30(29)47-34/h3-16,24,27-28,31-32,36-37,56-57H,2,17-23H2,1H3,(H,46,47)(H2,42,45,58)(H,43,48,49)/t27?,31-,32+,36+,37-/m1/s1. The molecule has 9 rings (SSSR count). The number of tetrazole rings is 1. The lowest BCUT2D eigenvalue weighted by atomic mass is 9.91. The Bertz CT molecular complexity index is 2420. The number of hydrogen-bond acceptors (Lipinski definition) is 12. The van der Waals surface area contributed by atoms with E-state index in [-0.39, 0.29) is 18.0 Å². The van der Waals surface area contributed by atoms with Crippen molar-refractivity contribution in [2.75, 3.05) is 36.4 Å². The summed E-state index contributed by atoms with van der Waals surface area (Å²) in [6, 6.07) is 27.0. The van der Waals surface area contributed by atoms with Gasteiger partial charge in [0.05, 0.1) is 23.4 Å². The average molecular weight is 783 g/mol. The molecule has 5 heterocycles. The van der Waals surface area contributed by atoms with Crippen molar-refractivity contribution < 1.29 is 15.0 Å². The highest BCUT2D eigenvalue weighted by atomic mass is 16.3. The molecule has 0 radical (unpaired) electrons. The number of amides is 2. The molecule has 6 N–H and O–H groups in total. The number of aliphatic hydroxyl groups is 2. The summed E-state index contributed by atoms with van der Waals surface area (Å²) in [7, 11) is 0. The van der Waals surface area contributed by atoms with Crippen LogP contribution in [0.3, 0.4) is 0 Å². The number of para-hydroxylation sites is 2. The van der Waals surface area contributed by atoms with Crippen LogP contribution < -0.4 is 20.9 Å². The second-order valence-corrected chi connectivity index (χ2v) is 15.0. The Kier molecular flexibility index (Phi) is 10.4. The number of benzene rings is 3. The van der Waals surface area contributed by atoms with E-state index < -0.39 is 24.3 Å². The highest BCUT2D eigenvalue weighted by molar-refractivity contribution is 5.85. The fourth-order valence-corrected chi connectivity index (χ4v) is 8.15. The van der Waals surface area contributed by atoms with Gasteiger partial charge >= 0.3 is 6.03 Å². The molecule has 58 heavy (non-hydrogen) atoms. The van der Waals surface area contributed by atoms with Crippen LogP contribution >= 0.6 is 0 Å². The normalized spacial score (nSPS) is 20.7. The van der Waals surface area contributed by atoms with Gasteiger partial charge in [-0.25, -0.2) is 14.8 Å². The molecule has 7 aromatic rings. The fourth-order valence-electron chi connectivity index (χ4n) is 8.15. The lowest BCUT2D eigenvalue weighted by Gasteiger charge is -2.22. The van der Waals surface area contributed by atoms with Crippen molar-refractivity contribution in [3.63, 3.8) is 0 Å². The van der Waals surface area contributed by atoms with Crippen LogP contribution in [0.15, 0.2) is 91.3 Å². The quantitative estimate of drug-likeness (QED) is 0.0992. The zero-order chi connectivity index (χ0) is 39.6. The Labute approximate surface area is 334 Å². The van der Waals surface area contributed by atoms with Crippen molar-refractivity contribution in [3.05, 3.63) is 114 Å². The van der Waals surface area contributed by atoms with Gasteiger partial charge in [0.1, 0.15) is 24.1 Å². The summed E-state index contributed by atoms with van der Waals surface area (Å²) in [6.45, 7) is 4.01. The highest BCUT2D eigenvalue weighted by Crippen LogP contribution is 2.40. The molecule has 1 aliphatic carbocycles. The number of nitrogens with zero attached hydrogens (tertiary/aromatic N) is 10. The van der Waals surface area contributed by atoms with E-state index in [9.17, 15) is 15.0 Å². The monoisotopic (exact) mass is 782 g/mol. The minimum absolute atomic E-state index is 0.0134. The minimum Gasteiger partial charge on any atom is -0.388 e. The predicted molar refractivity (Wildman–Crippen MR) is 217 cm³/mol. The SMILES string of the molecule is CCc1nnn([C@H]2C[C@@H](n3cnc4c(NCC(c5ccccc5)c5ccccc5)nc(N5CCC(NC(=O)NCCc6nc7ccccc7[nH]6)C5)nc43)[C@H](O)[C@@H]2O)n1. The second kappa shape index (κ2) is 16.2.